The van der Waals surface area contributed by atoms with Crippen LogP contribution in [0.4, 0.5) is 0 Å². The van der Waals surface area contributed by atoms with E-state index in [1.165, 1.54) is 0 Å². The average Bonchev–Trinajstić information content (AvgIpc) is 3.26. The molecule has 4 rings (SSSR count). The van der Waals surface area contributed by atoms with Gasteiger partial charge in [0.05, 0.1) is 5.69 Å². The largest absolute Gasteiger partial charge is 0.444 e. The minimum absolute atomic E-state index is 0.375. The van der Waals surface area contributed by atoms with Gasteiger partial charge in [-0.15, -0.1) is 0 Å². The first-order chi connectivity index (χ1) is 11.8. The zero-order valence-electron chi connectivity index (χ0n) is 13.7. The van der Waals surface area contributed by atoms with Crippen molar-refractivity contribution in [3.63, 3.8) is 0 Å². The van der Waals surface area contributed by atoms with E-state index in [1.54, 1.807) is 6.26 Å². The summed E-state index contributed by atoms with van der Waals surface area (Å²) in [5.41, 5.74) is 1.98. The van der Waals surface area contributed by atoms with Gasteiger partial charge in [0.1, 0.15) is 6.26 Å². The lowest BCUT2D eigenvalue weighted by molar-refractivity contribution is 0.186. The summed E-state index contributed by atoms with van der Waals surface area (Å²) < 4.78 is 10.9. The molecular weight excluding hydrogens is 304 g/mol. The van der Waals surface area contributed by atoms with E-state index in [9.17, 15) is 0 Å². The number of hydrogen-bond acceptors (Lipinski definition) is 6. The van der Waals surface area contributed by atoms with Crippen LogP contribution in [0.25, 0.3) is 11.5 Å². The smallest absolute Gasteiger partial charge is 0.229 e. The second kappa shape index (κ2) is 6.57. The molecule has 1 aliphatic rings. The maximum Gasteiger partial charge on any atom is 0.229 e. The Labute approximate surface area is 140 Å². The molecule has 1 aromatic carbocycles. The van der Waals surface area contributed by atoms with E-state index >= 15 is 0 Å². The van der Waals surface area contributed by atoms with Crippen molar-refractivity contribution in [2.75, 3.05) is 13.1 Å². The molecule has 0 amide bonds. The van der Waals surface area contributed by atoms with Gasteiger partial charge in [-0.2, -0.15) is 4.98 Å². The minimum Gasteiger partial charge on any atom is -0.444 e. The van der Waals surface area contributed by atoms with Crippen molar-refractivity contribution in [2.45, 2.75) is 32.2 Å². The van der Waals surface area contributed by atoms with Gasteiger partial charge in [-0.3, -0.25) is 4.90 Å². The van der Waals surface area contributed by atoms with Crippen LogP contribution in [-0.4, -0.2) is 33.1 Å². The Bertz CT molecular complexity index is 788. The Balaban J connectivity index is 1.35. The summed E-state index contributed by atoms with van der Waals surface area (Å²) in [6.45, 7) is 4.67. The number of benzene rings is 1. The molecule has 0 saturated carbocycles. The lowest BCUT2D eigenvalue weighted by Gasteiger charge is -2.29. The monoisotopic (exact) mass is 324 g/mol. The lowest BCUT2D eigenvalue weighted by atomic mass is 9.97. The summed E-state index contributed by atoms with van der Waals surface area (Å²) in [7, 11) is 0. The number of aryl methyl sites for hydroxylation is 1. The molecule has 0 radical (unpaired) electrons. The molecule has 0 atom stereocenters. The Morgan fingerprint density at radius 3 is 2.62 bits per heavy atom. The predicted molar refractivity (Wildman–Crippen MR) is 88.2 cm³/mol. The Morgan fingerprint density at radius 1 is 1.12 bits per heavy atom. The van der Waals surface area contributed by atoms with Crippen molar-refractivity contribution < 1.29 is 8.94 Å². The van der Waals surface area contributed by atoms with Crippen LogP contribution < -0.4 is 0 Å². The van der Waals surface area contributed by atoms with Crippen LogP contribution in [0.2, 0.25) is 0 Å². The molecule has 3 aromatic rings. The quantitative estimate of drug-likeness (QED) is 0.732. The van der Waals surface area contributed by atoms with Crippen LogP contribution in [0, 0.1) is 6.92 Å². The summed E-state index contributed by atoms with van der Waals surface area (Å²) in [4.78, 5) is 11.4. The van der Waals surface area contributed by atoms with Crippen LogP contribution >= 0.6 is 0 Å². The van der Waals surface area contributed by atoms with Gasteiger partial charge < -0.3 is 8.94 Å². The summed E-state index contributed by atoms with van der Waals surface area (Å²) in [5.74, 6) is 2.55. The van der Waals surface area contributed by atoms with E-state index in [1.807, 2.05) is 37.3 Å². The van der Waals surface area contributed by atoms with Gasteiger partial charge in [-0.05, 0) is 45.0 Å². The van der Waals surface area contributed by atoms with Gasteiger partial charge in [0, 0.05) is 18.0 Å². The molecule has 1 fully saturated rings. The molecule has 1 saturated heterocycles. The highest BCUT2D eigenvalue weighted by atomic mass is 16.5. The zero-order chi connectivity index (χ0) is 16.4. The second-order valence-electron chi connectivity index (χ2n) is 6.24. The van der Waals surface area contributed by atoms with Gasteiger partial charge in [0.15, 0.2) is 5.82 Å². The molecule has 2 aromatic heterocycles. The standard InChI is InChI=1S/C18H20N4O2/c1-13-19-18(24-21-13)15-7-9-22(10-8-15)11-16-12-23-17(20-16)14-5-3-2-4-6-14/h2-6,12,15H,7-11H2,1H3. The van der Waals surface area contributed by atoms with E-state index in [0.717, 1.165) is 49.6 Å². The highest BCUT2D eigenvalue weighted by Crippen LogP contribution is 2.27. The molecule has 0 spiro atoms. The van der Waals surface area contributed by atoms with Crippen molar-refractivity contribution in [3.8, 4) is 11.5 Å². The molecule has 1 aliphatic heterocycles. The predicted octanol–water partition coefficient (Wildman–Crippen LogP) is 3.41. The SMILES string of the molecule is Cc1noc(C2CCN(Cc3coc(-c4ccccc4)n3)CC2)n1. The highest BCUT2D eigenvalue weighted by Gasteiger charge is 2.25. The Hall–Kier alpha value is -2.47. The zero-order valence-corrected chi connectivity index (χ0v) is 13.7. The molecular formula is C18H20N4O2. The van der Waals surface area contributed by atoms with Crippen LogP contribution in [-0.2, 0) is 6.54 Å². The van der Waals surface area contributed by atoms with Crippen molar-refractivity contribution in [3.05, 3.63) is 54.0 Å². The summed E-state index contributed by atoms with van der Waals surface area (Å²) in [6, 6.07) is 9.98. The topological polar surface area (TPSA) is 68.2 Å². The fourth-order valence-electron chi connectivity index (χ4n) is 3.14. The van der Waals surface area contributed by atoms with Gasteiger partial charge in [-0.1, -0.05) is 23.4 Å². The number of hydrogen-bond donors (Lipinski definition) is 0. The molecule has 6 nitrogen and oxygen atoms in total. The third kappa shape index (κ3) is 3.23. The van der Waals surface area contributed by atoms with E-state index in [-0.39, 0.29) is 0 Å². The van der Waals surface area contributed by atoms with Crippen molar-refractivity contribution in [1.82, 2.24) is 20.0 Å². The third-order valence-corrected chi connectivity index (χ3v) is 4.44. The van der Waals surface area contributed by atoms with Crippen LogP contribution in [0.3, 0.4) is 0 Å². The third-order valence-electron chi connectivity index (χ3n) is 4.44. The lowest BCUT2D eigenvalue weighted by Crippen LogP contribution is -2.32. The average molecular weight is 324 g/mol. The maximum absolute atomic E-state index is 5.61. The number of nitrogens with zero attached hydrogens (tertiary/aromatic N) is 4. The van der Waals surface area contributed by atoms with Crippen LogP contribution in [0.15, 0.2) is 45.5 Å². The van der Waals surface area contributed by atoms with Gasteiger partial charge >= 0.3 is 0 Å². The number of likely N-dealkylation sites (tertiary alicyclic amines) is 1. The summed E-state index contributed by atoms with van der Waals surface area (Å²) >= 11 is 0. The highest BCUT2D eigenvalue weighted by molar-refractivity contribution is 5.52. The molecule has 0 unspecified atom stereocenters. The van der Waals surface area contributed by atoms with E-state index < -0.39 is 0 Å². The van der Waals surface area contributed by atoms with Gasteiger partial charge in [0.2, 0.25) is 11.8 Å². The molecule has 6 heteroatoms. The first kappa shape index (κ1) is 15.1. The normalized spacial score (nSPS) is 16.5. The van der Waals surface area contributed by atoms with Crippen molar-refractivity contribution in [2.24, 2.45) is 0 Å². The minimum atomic E-state index is 0.375. The number of aromatic nitrogens is 3. The van der Waals surface area contributed by atoms with Crippen LogP contribution in [0.1, 0.15) is 36.2 Å². The van der Waals surface area contributed by atoms with E-state index in [4.69, 9.17) is 8.94 Å². The molecule has 124 valence electrons. The van der Waals surface area contributed by atoms with Crippen molar-refractivity contribution >= 4 is 0 Å². The van der Waals surface area contributed by atoms with Crippen LogP contribution in [0.5, 0.6) is 0 Å². The van der Waals surface area contributed by atoms with E-state index in [0.29, 0.717) is 17.6 Å². The fraction of sp³-hybridized carbons (Fsp3) is 0.389. The molecule has 24 heavy (non-hydrogen) atoms. The van der Waals surface area contributed by atoms with Crippen molar-refractivity contribution in [1.29, 1.82) is 0 Å². The van der Waals surface area contributed by atoms with Gasteiger partial charge in [-0.25, -0.2) is 4.98 Å². The van der Waals surface area contributed by atoms with Gasteiger partial charge in [0.25, 0.3) is 0 Å². The molecule has 0 aliphatic carbocycles. The first-order valence-electron chi connectivity index (χ1n) is 8.30. The fourth-order valence-corrected chi connectivity index (χ4v) is 3.14. The summed E-state index contributed by atoms with van der Waals surface area (Å²) in [6.07, 6.45) is 3.83. The Morgan fingerprint density at radius 2 is 1.92 bits per heavy atom. The summed E-state index contributed by atoms with van der Waals surface area (Å²) in [5, 5.41) is 3.89. The molecule has 0 bridgehead atoms. The van der Waals surface area contributed by atoms with E-state index in [2.05, 4.69) is 20.0 Å². The molecule has 3 heterocycles. The number of piperidine rings is 1. The first-order valence-corrected chi connectivity index (χ1v) is 8.30. The second-order valence-corrected chi connectivity index (χ2v) is 6.24. The molecule has 0 N–H and O–H groups in total. The Kier molecular flexibility index (Phi) is 4.13. The number of rotatable bonds is 4. The maximum atomic E-state index is 5.61. The number of oxazole rings is 1.